The number of fused-ring (bicyclic) bond motifs is 2. The number of aromatic nitrogens is 1. The van der Waals surface area contributed by atoms with Crippen LogP contribution in [0.5, 0.6) is 0 Å². The fourth-order valence-electron chi connectivity index (χ4n) is 5.44. The highest BCUT2D eigenvalue weighted by Crippen LogP contribution is 2.45. The van der Waals surface area contributed by atoms with Crippen molar-refractivity contribution < 1.29 is 19.1 Å². The van der Waals surface area contributed by atoms with Crippen molar-refractivity contribution in [1.82, 2.24) is 9.88 Å². The second kappa shape index (κ2) is 7.66. The molecule has 0 radical (unpaired) electrons. The highest BCUT2D eigenvalue weighted by atomic mass is 16.3. The van der Waals surface area contributed by atoms with Gasteiger partial charge in [-0.3, -0.25) is 9.59 Å². The molecule has 1 aliphatic heterocycles. The summed E-state index contributed by atoms with van der Waals surface area (Å²) in [5.74, 6) is -1.27. The van der Waals surface area contributed by atoms with Crippen molar-refractivity contribution in [2.75, 3.05) is 0 Å². The lowest BCUT2D eigenvalue weighted by molar-refractivity contribution is -0.132. The summed E-state index contributed by atoms with van der Waals surface area (Å²) in [4.78, 5) is 32.1. The van der Waals surface area contributed by atoms with Crippen LogP contribution in [0.15, 0.2) is 76.5 Å². The minimum Gasteiger partial charge on any atom is -0.503 e. The molecule has 2 aromatic heterocycles. The van der Waals surface area contributed by atoms with E-state index in [9.17, 15) is 14.7 Å². The van der Waals surface area contributed by atoms with E-state index < -0.39 is 23.5 Å². The Morgan fingerprint density at radius 2 is 1.79 bits per heavy atom. The number of nitrogens with zero attached hydrogens (tertiary/aromatic N) is 1. The number of aliphatic hydroxyl groups is 1. The third kappa shape index (κ3) is 3.09. The molecule has 3 heterocycles. The number of para-hydroxylation sites is 2. The fourth-order valence-corrected chi connectivity index (χ4v) is 5.44. The maximum Gasteiger partial charge on any atom is 0.290 e. The number of ketones is 1. The number of benzene rings is 2. The molecular formula is C27H24N2O4. The molecule has 1 saturated carbocycles. The number of H-pyrrole nitrogens is 1. The van der Waals surface area contributed by atoms with E-state index in [0.717, 1.165) is 54.0 Å². The number of aliphatic hydroxyl groups excluding tert-OH is 1. The number of carbonyl (C=O) groups excluding carboxylic acids is 2. The summed E-state index contributed by atoms with van der Waals surface area (Å²) in [5, 5.41) is 12.8. The maximum absolute atomic E-state index is 13.7. The Morgan fingerprint density at radius 1 is 1.03 bits per heavy atom. The van der Waals surface area contributed by atoms with Crippen LogP contribution in [-0.2, 0) is 4.79 Å². The lowest BCUT2D eigenvalue weighted by Crippen LogP contribution is -2.41. The first kappa shape index (κ1) is 19.9. The summed E-state index contributed by atoms with van der Waals surface area (Å²) in [6.45, 7) is 0. The predicted molar refractivity (Wildman–Crippen MR) is 125 cm³/mol. The lowest BCUT2D eigenvalue weighted by Gasteiger charge is -2.36. The molecule has 1 unspecified atom stereocenters. The number of amides is 1. The van der Waals surface area contributed by atoms with Gasteiger partial charge in [-0.2, -0.15) is 0 Å². The standard InChI is InChI=1S/C27H24N2O4/c30-25(22-14-16-8-4-7-13-21(16)33-22)23-24(19-15-28-20-12-6-5-11-18(19)20)29(27(32)26(23)31)17-9-2-1-3-10-17/h4-8,11-15,17,24,28,31H,1-3,9-10H2. The third-order valence-corrected chi connectivity index (χ3v) is 7.02. The summed E-state index contributed by atoms with van der Waals surface area (Å²) in [7, 11) is 0. The van der Waals surface area contributed by atoms with Crippen molar-refractivity contribution in [2.24, 2.45) is 0 Å². The van der Waals surface area contributed by atoms with Gasteiger partial charge in [0.25, 0.3) is 5.91 Å². The van der Waals surface area contributed by atoms with E-state index in [4.69, 9.17) is 4.42 Å². The van der Waals surface area contributed by atoms with E-state index in [0.29, 0.717) is 5.58 Å². The van der Waals surface area contributed by atoms with Crippen LogP contribution in [0.1, 0.15) is 54.3 Å². The van der Waals surface area contributed by atoms with Crippen LogP contribution >= 0.6 is 0 Å². The zero-order valence-electron chi connectivity index (χ0n) is 18.1. The molecule has 1 aliphatic carbocycles. The van der Waals surface area contributed by atoms with Gasteiger partial charge in [-0.15, -0.1) is 0 Å². The van der Waals surface area contributed by atoms with Crippen LogP contribution in [0, 0.1) is 0 Å². The highest BCUT2D eigenvalue weighted by molar-refractivity contribution is 6.16. The Labute approximate surface area is 190 Å². The van der Waals surface area contributed by atoms with E-state index in [-0.39, 0.29) is 17.4 Å². The lowest BCUT2D eigenvalue weighted by atomic mass is 9.90. The Morgan fingerprint density at radius 3 is 2.61 bits per heavy atom. The Hall–Kier alpha value is -3.80. The highest BCUT2D eigenvalue weighted by Gasteiger charge is 2.48. The molecule has 1 amide bonds. The molecule has 6 rings (SSSR count). The molecule has 1 atom stereocenters. The largest absolute Gasteiger partial charge is 0.503 e. The number of hydrogen-bond donors (Lipinski definition) is 2. The Kier molecular flexibility index (Phi) is 4.61. The van der Waals surface area contributed by atoms with Gasteiger partial charge in [-0.25, -0.2) is 0 Å². The molecule has 4 aromatic rings. The smallest absolute Gasteiger partial charge is 0.290 e. The van der Waals surface area contributed by atoms with Gasteiger partial charge in [0.1, 0.15) is 5.58 Å². The number of aromatic amines is 1. The predicted octanol–water partition coefficient (Wildman–Crippen LogP) is 5.83. The van der Waals surface area contributed by atoms with E-state index >= 15 is 0 Å². The molecule has 6 nitrogen and oxygen atoms in total. The summed E-state index contributed by atoms with van der Waals surface area (Å²) in [6.07, 6.45) is 6.78. The van der Waals surface area contributed by atoms with Crippen LogP contribution in [0.4, 0.5) is 0 Å². The molecule has 0 saturated heterocycles. The number of hydrogen-bond acceptors (Lipinski definition) is 4. The van der Waals surface area contributed by atoms with Crippen LogP contribution in [-0.4, -0.2) is 32.7 Å². The number of furan rings is 1. The quantitative estimate of drug-likeness (QED) is 0.391. The molecular weight excluding hydrogens is 416 g/mol. The van der Waals surface area contributed by atoms with Crippen LogP contribution in [0.3, 0.4) is 0 Å². The van der Waals surface area contributed by atoms with Gasteiger partial charge in [0.2, 0.25) is 5.78 Å². The average molecular weight is 440 g/mol. The van der Waals surface area contributed by atoms with Gasteiger partial charge >= 0.3 is 0 Å². The fraction of sp³-hybridized carbons (Fsp3) is 0.259. The van der Waals surface area contributed by atoms with Crippen molar-refractivity contribution >= 4 is 33.6 Å². The van der Waals surface area contributed by atoms with E-state index in [1.54, 1.807) is 17.0 Å². The first-order chi connectivity index (χ1) is 16.1. The van der Waals surface area contributed by atoms with Gasteiger partial charge < -0.3 is 19.4 Å². The monoisotopic (exact) mass is 440 g/mol. The van der Waals surface area contributed by atoms with Crippen molar-refractivity contribution in [2.45, 2.75) is 44.2 Å². The van der Waals surface area contributed by atoms with Gasteiger partial charge in [-0.05, 0) is 31.0 Å². The summed E-state index contributed by atoms with van der Waals surface area (Å²) in [5.41, 5.74) is 2.42. The molecule has 6 heteroatoms. The van der Waals surface area contributed by atoms with E-state index in [2.05, 4.69) is 4.98 Å². The minimum atomic E-state index is -0.669. The zero-order chi connectivity index (χ0) is 22.5. The van der Waals surface area contributed by atoms with Gasteiger partial charge in [0, 0.05) is 34.1 Å². The van der Waals surface area contributed by atoms with Crippen molar-refractivity contribution in [3.05, 3.63) is 83.5 Å². The van der Waals surface area contributed by atoms with E-state index in [1.807, 2.05) is 48.7 Å². The third-order valence-electron chi connectivity index (χ3n) is 7.02. The van der Waals surface area contributed by atoms with Crippen molar-refractivity contribution in [1.29, 1.82) is 0 Å². The summed E-state index contributed by atoms with van der Waals surface area (Å²) in [6, 6.07) is 16.2. The number of rotatable bonds is 4. The number of nitrogens with one attached hydrogen (secondary N) is 1. The minimum absolute atomic E-state index is 0.0203. The maximum atomic E-state index is 13.7. The summed E-state index contributed by atoms with van der Waals surface area (Å²) < 4.78 is 5.83. The first-order valence-electron chi connectivity index (χ1n) is 11.5. The molecule has 1 fully saturated rings. The second-order valence-electron chi connectivity index (χ2n) is 8.94. The second-order valence-corrected chi connectivity index (χ2v) is 8.94. The molecule has 166 valence electrons. The van der Waals surface area contributed by atoms with E-state index in [1.165, 1.54) is 0 Å². The molecule has 2 aliphatic rings. The van der Waals surface area contributed by atoms with Crippen molar-refractivity contribution in [3.63, 3.8) is 0 Å². The van der Waals surface area contributed by atoms with Gasteiger partial charge in [0.15, 0.2) is 11.5 Å². The van der Waals surface area contributed by atoms with Crippen LogP contribution in [0.2, 0.25) is 0 Å². The first-order valence-corrected chi connectivity index (χ1v) is 11.5. The number of Topliss-reactive ketones (excluding diaryl/α,β-unsaturated/α-hetero) is 1. The Balaban J connectivity index is 1.51. The molecule has 2 aromatic carbocycles. The topological polar surface area (TPSA) is 86.5 Å². The number of carbonyl (C=O) groups is 2. The van der Waals surface area contributed by atoms with Crippen molar-refractivity contribution in [3.8, 4) is 0 Å². The zero-order valence-corrected chi connectivity index (χ0v) is 18.1. The summed E-state index contributed by atoms with van der Waals surface area (Å²) >= 11 is 0. The SMILES string of the molecule is O=C(C1=C(O)C(=O)N(C2CCCCC2)C1c1c[nH]c2ccccc12)c1cc2ccccc2o1. The average Bonchev–Trinajstić information content (AvgIpc) is 3.54. The normalized spacial score (nSPS) is 19.8. The van der Waals surface area contributed by atoms with Gasteiger partial charge in [-0.1, -0.05) is 55.7 Å². The van der Waals surface area contributed by atoms with Gasteiger partial charge in [0.05, 0.1) is 11.6 Å². The van der Waals surface area contributed by atoms with Crippen LogP contribution in [0.25, 0.3) is 21.9 Å². The molecule has 33 heavy (non-hydrogen) atoms. The van der Waals surface area contributed by atoms with Crippen LogP contribution < -0.4 is 0 Å². The Bertz CT molecular complexity index is 1390. The molecule has 0 bridgehead atoms. The molecule has 0 spiro atoms. The molecule has 2 N–H and O–H groups in total.